The van der Waals surface area contributed by atoms with Gasteiger partial charge >= 0.3 is 5.69 Å². The fourth-order valence-corrected chi connectivity index (χ4v) is 4.08. The molecule has 1 aromatic heterocycles. The van der Waals surface area contributed by atoms with Gasteiger partial charge in [0.05, 0.1) is 5.69 Å². The first-order valence-corrected chi connectivity index (χ1v) is 9.49. The number of carbonyl (C=O) groups is 1. The quantitative estimate of drug-likeness (QED) is 0.797. The fraction of sp³-hybridized carbons (Fsp3) is 0.526. The van der Waals surface area contributed by atoms with Gasteiger partial charge in [-0.3, -0.25) is 9.36 Å². The Morgan fingerprint density at radius 1 is 1.15 bits per heavy atom. The second-order valence-electron chi connectivity index (χ2n) is 7.22. The molecule has 0 radical (unpaired) electrons. The number of halogens is 1. The number of carbonyl (C=O) groups excluding carboxylic acids is 1. The van der Waals surface area contributed by atoms with Crippen molar-refractivity contribution in [3.05, 3.63) is 46.4 Å². The highest BCUT2D eigenvalue weighted by atomic mass is 19.1. The van der Waals surface area contributed by atoms with Crippen molar-refractivity contribution in [3.63, 3.8) is 0 Å². The van der Waals surface area contributed by atoms with Crippen molar-refractivity contribution in [2.24, 2.45) is 7.05 Å². The van der Waals surface area contributed by atoms with Gasteiger partial charge in [-0.15, -0.1) is 0 Å². The topological polar surface area (TPSA) is 63.4 Å². The monoisotopic (exact) mass is 373 g/mol. The minimum atomic E-state index is -0.483. The average Bonchev–Trinajstić information content (AvgIpc) is 2.84. The molecule has 1 atom stereocenters. The summed E-state index contributed by atoms with van der Waals surface area (Å²) in [7, 11) is 1.62. The van der Waals surface area contributed by atoms with Crippen LogP contribution in [0.15, 0.2) is 29.1 Å². The second kappa shape index (κ2) is 7.17. The van der Waals surface area contributed by atoms with E-state index in [1.54, 1.807) is 28.6 Å². The zero-order valence-electron chi connectivity index (χ0n) is 15.5. The number of amides is 1. The lowest BCUT2D eigenvalue weighted by Crippen LogP contribution is -2.51. The lowest BCUT2D eigenvalue weighted by atomic mass is 10.1. The van der Waals surface area contributed by atoms with Crippen LogP contribution in [0.3, 0.4) is 0 Å². The molecule has 1 fully saturated rings. The van der Waals surface area contributed by atoms with Gasteiger partial charge in [0.2, 0.25) is 5.91 Å². The van der Waals surface area contributed by atoms with Gasteiger partial charge in [-0.1, -0.05) is 18.6 Å². The smallest absolute Gasteiger partial charge is 0.346 e. The number of fused-ring (bicyclic) bond motifs is 1. The Balaban J connectivity index is 1.50. The number of rotatable bonds is 2. The van der Waals surface area contributed by atoms with Crippen molar-refractivity contribution in [1.82, 2.24) is 19.2 Å². The SMILES string of the molecule is Cn1nc2n(c1=O)C(C(=O)N1CCN(c3ccccc3F)CC1)CCCC2. The van der Waals surface area contributed by atoms with Gasteiger partial charge in [0.1, 0.15) is 17.7 Å². The molecule has 0 bridgehead atoms. The maximum atomic E-state index is 14.0. The normalized spacial score (nSPS) is 20.3. The predicted molar refractivity (Wildman–Crippen MR) is 99.3 cm³/mol. The third kappa shape index (κ3) is 3.24. The largest absolute Gasteiger partial charge is 0.366 e. The molecule has 144 valence electrons. The van der Waals surface area contributed by atoms with Gasteiger partial charge in [0.25, 0.3) is 0 Å². The molecule has 7 nitrogen and oxygen atoms in total. The zero-order valence-corrected chi connectivity index (χ0v) is 15.5. The van der Waals surface area contributed by atoms with Crippen LogP contribution in [-0.4, -0.2) is 51.3 Å². The van der Waals surface area contributed by atoms with E-state index >= 15 is 0 Å². The predicted octanol–water partition coefficient (Wildman–Crippen LogP) is 1.34. The van der Waals surface area contributed by atoms with E-state index in [1.807, 2.05) is 11.0 Å². The molecule has 0 N–H and O–H groups in total. The van der Waals surface area contributed by atoms with E-state index in [-0.39, 0.29) is 17.4 Å². The van der Waals surface area contributed by atoms with E-state index in [0.29, 0.717) is 44.1 Å². The summed E-state index contributed by atoms with van der Waals surface area (Å²) in [5.74, 6) is 0.428. The van der Waals surface area contributed by atoms with Crippen molar-refractivity contribution in [2.45, 2.75) is 31.7 Å². The molecule has 0 saturated carbocycles. The fourth-order valence-electron chi connectivity index (χ4n) is 4.08. The minimum absolute atomic E-state index is 0.0265. The molecule has 1 saturated heterocycles. The third-order valence-corrected chi connectivity index (χ3v) is 5.54. The van der Waals surface area contributed by atoms with Crippen molar-refractivity contribution in [2.75, 3.05) is 31.1 Å². The summed E-state index contributed by atoms with van der Waals surface area (Å²) in [6.07, 6.45) is 3.21. The number of nitrogens with zero attached hydrogens (tertiary/aromatic N) is 5. The van der Waals surface area contributed by atoms with E-state index in [4.69, 9.17) is 0 Å². The second-order valence-corrected chi connectivity index (χ2v) is 7.22. The first kappa shape index (κ1) is 17.8. The highest BCUT2D eigenvalue weighted by Crippen LogP contribution is 2.25. The molecule has 1 aromatic carbocycles. The van der Waals surface area contributed by atoms with Crippen LogP contribution in [0.2, 0.25) is 0 Å². The summed E-state index contributed by atoms with van der Waals surface area (Å²) in [5.41, 5.74) is 0.347. The molecule has 0 aliphatic carbocycles. The molecule has 8 heteroatoms. The molecular formula is C19H24FN5O2. The van der Waals surface area contributed by atoms with E-state index in [2.05, 4.69) is 5.10 Å². The van der Waals surface area contributed by atoms with Crippen LogP contribution in [0.4, 0.5) is 10.1 Å². The third-order valence-electron chi connectivity index (χ3n) is 5.54. The Morgan fingerprint density at radius 3 is 2.63 bits per heavy atom. The molecular weight excluding hydrogens is 349 g/mol. The van der Waals surface area contributed by atoms with Gasteiger partial charge in [-0.25, -0.2) is 13.9 Å². The summed E-state index contributed by atoms with van der Waals surface area (Å²) in [6.45, 7) is 2.20. The summed E-state index contributed by atoms with van der Waals surface area (Å²) >= 11 is 0. The van der Waals surface area contributed by atoms with Crippen LogP contribution < -0.4 is 10.6 Å². The van der Waals surface area contributed by atoms with Crippen LogP contribution >= 0.6 is 0 Å². The number of benzene rings is 1. The molecule has 4 rings (SSSR count). The van der Waals surface area contributed by atoms with Crippen molar-refractivity contribution >= 4 is 11.6 Å². The molecule has 27 heavy (non-hydrogen) atoms. The Labute approximate surface area is 157 Å². The highest BCUT2D eigenvalue weighted by molar-refractivity contribution is 5.81. The number of piperazine rings is 1. The van der Waals surface area contributed by atoms with Gasteiger partial charge in [0.15, 0.2) is 0 Å². The molecule has 1 amide bonds. The van der Waals surface area contributed by atoms with Gasteiger partial charge in [-0.2, -0.15) is 5.10 Å². The summed E-state index contributed by atoms with van der Waals surface area (Å²) in [6, 6.07) is 6.23. The van der Waals surface area contributed by atoms with Crippen LogP contribution in [0.25, 0.3) is 0 Å². The lowest BCUT2D eigenvalue weighted by molar-refractivity contribution is -0.135. The van der Waals surface area contributed by atoms with Crippen LogP contribution in [0.5, 0.6) is 0 Å². The van der Waals surface area contributed by atoms with Crippen LogP contribution in [-0.2, 0) is 18.3 Å². The molecule has 0 spiro atoms. The van der Waals surface area contributed by atoms with Crippen LogP contribution in [0.1, 0.15) is 31.1 Å². The van der Waals surface area contributed by atoms with E-state index in [9.17, 15) is 14.0 Å². The van der Waals surface area contributed by atoms with Gasteiger partial charge in [-0.05, 0) is 25.0 Å². The Morgan fingerprint density at radius 2 is 1.89 bits per heavy atom. The average molecular weight is 373 g/mol. The van der Waals surface area contributed by atoms with Gasteiger partial charge < -0.3 is 9.80 Å². The van der Waals surface area contributed by atoms with Crippen molar-refractivity contribution in [3.8, 4) is 0 Å². The van der Waals surface area contributed by atoms with E-state index < -0.39 is 6.04 Å². The number of para-hydroxylation sites is 1. The van der Waals surface area contributed by atoms with Crippen molar-refractivity contribution < 1.29 is 9.18 Å². The lowest BCUT2D eigenvalue weighted by Gasteiger charge is -2.37. The zero-order chi connectivity index (χ0) is 19.0. The molecule has 1 unspecified atom stereocenters. The number of hydrogen-bond donors (Lipinski definition) is 0. The molecule has 2 aliphatic heterocycles. The highest BCUT2D eigenvalue weighted by Gasteiger charge is 2.33. The van der Waals surface area contributed by atoms with E-state index in [1.165, 1.54) is 10.7 Å². The Kier molecular flexibility index (Phi) is 4.72. The summed E-state index contributed by atoms with van der Waals surface area (Å²) in [5, 5.41) is 4.30. The van der Waals surface area contributed by atoms with Gasteiger partial charge in [0, 0.05) is 39.6 Å². The summed E-state index contributed by atoms with van der Waals surface area (Å²) < 4.78 is 16.9. The number of aromatic nitrogens is 3. The van der Waals surface area contributed by atoms with Crippen molar-refractivity contribution in [1.29, 1.82) is 0 Å². The molecule has 3 heterocycles. The van der Waals surface area contributed by atoms with E-state index in [0.717, 1.165) is 19.3 Å². The minimum Gasteiger partial charge on any atom is -0.366 e. The summed E-state index contributed by atoms with van der Waals surface area (Å²) in [4.78, 5) is 29.4. The first-order chi connectivity index (χ1) is 13.1. The standard InChI is InChI=1S/C19H24FN5O2/c1-22-19(27)25-16(8-4-5-9-17(25)21-22)18(26)24-12-10-23(11-13-24)15-7-3-2-6-14(15)20/h2-3,6-7,16H,4-5,8-13H2,1H3. The maximum absolute atomic E-state index is 14.0. The Hall–Kier alpha value is -2.64. The number of aryl methyl sites for hydroxylation is 2. The molecule has 2 aliphatic rings. The number of anilines is 1. The maximum Gasteiger partial charge on any atom is 0.346 e. The number of hydrogen-bond acceptors (Lipinski definition) is 4. The first-order valence-electron chi connectivity index (χ1n) is 9.49. The molecule has 2 aromatic rings. The van der Waals surface area contributed by atoms with Crippen LogP contribution in [0, 0.1) is 5.82 Å². The Bertz CT molecular complexity index is 898.